The number of aryl methyl sites for hydroxylation is 2. The van der Waals surface area contributed by atoms with Crippen LogP contribution >= 0.6 is 0 Å². The monoisotopic (exact) mass is 527 g/mol. The van der Waals surface area contributed by atoms with Crippen molar-refractivity contribution in [3.63, 3.8) is 0 Å². The molecule has 0 bridgehead atoms. The maximum atomic E-state index is 15.0. The molecule has 1 aliphatic heterocycles. The van der Waals surface area contributed by atoms with E-state index in [2.05, 4.69) is 25.0 Å². The summed E-state index contributed by atoms with van der Waals surface area (Å²) in [5, 5.41) is 4.46. The van der Waals surface area contributed by atoms with Gasteiger partial charge in [-0.25, -0.2) is 32.5 Å². The molecule has 0 unspecified atom stereocenters. The third-order valence-electron chi connectivity index (χ3n) is 6.96. The van der Waals surface area contributed by atoms with Gasteiger partial charge in [0.15, 0.2) is 5.65 Å². The Labute approximate surface area is 215 Å². The lowest BCUT2D eigenvalue weighted by Gasteiger charge is -2.36. The summed E-state index contributed by atoms with van der Waals surface area (Å²) in [7, 11) is 0. The van der Waals surface area contributed by atoms with Gasteiger partial charge in [0.1, 0.15) is 28.9 Å². The van der Waals surface area contributed by atoms with Crippen molar-refractivity contribution in [3.05, 3.63) is 58.7 Å². The Bertz CT molecular complexity index is 1540. The predicted molar refractivity (Wildman–Crippen MR) is 131 cm³/mol. The number of benzene rings is 1. The topological polar surface area (TPSA) is 81.9 Å². The molecule has 198 valence electrons. The fourth-order valence-corrected chi connectivity index (χ4v) is 4.70. The molecule has 2 aliphatic rings. The molecule has 12 heteroatoms. The summed E-state index contributed by atoms with van der Waals surface area (Å²) in [6, 6.07) is 1.67. The van der Waals surface area contributed by atoms with E-state index >= 15 is 4.39 Å². The number of alkyl halides is 2. The molecule has 4 heterocycles. The van der Waals surface area contributed by atoms with Gasteiger partial charge in [0.25, 0.3) is 6.43 Å². The average Bonchev–Trinajstić information content (AvgIpc) is 3.60. The van der Waals surface area contributed by atoms with Gasteiger partial charge in [-0.2, -0.15) is 10.1 Å². The highest BCUT2D eigenvalue weighted by molar-refractivity contribution is 5.88. The van der Waals surface area contributed by atoms with Crippen LogP contribution in [0.3, 0.4) is 0 Å². The van der Waals surface area contributed by atoms with Gasteiger partial charge in [0.05, 0.1) is 41.8 Å². The third kappa shape index (κ3) is 4.46. The van der Waals surface area contributed by atoms with Crippen LogP contribution < -0.4 is 4.90 Å². The first kappa shape index (κ1) is 24.7. The van der Waals surface area contributed by atoms with Gasteiger partial charge < -0.3 is 9.64 Å². The standard InChI is InChI=1S/C26H25F4N7O/c1-12-9-36(11-21(38-12)15-8-31-37(10-15)16-4-5-16)26-34-22(23-25(35-26)33-14(3)13(2)32-23)17-6-18(24(29)30)20(28)7-19(17)27/h6-8,10,12,16,21,24H,4-5,9,11H2,1-3H3/t12-,21-/m0/s1. The zero-order valence-corrected chi connectivity index (χ0v) is 21.0. The molecule has 1 aromatic carbocycles. The molecule has 0 amide bonds. The van der Waals surface area contributed by atoms with Crippen molar-refractivity contribution < 1.29 is 22.3 Å². The highest BCUT2D eigenvalue weighted by Gasteiger charge is 2.32. The van der Waals surface area contributed by atoms with E-state index in [1.165, 1.54) is 0 Å². The minimum absolute atomic E-state index is 0.0303. The Morgan fingerprint density at radius 3 is 2.47 bits per heavy atom. The number of hydrogen-bond acceptors (Lipinski definition) is 7. The highest BCUT2D eigenvalue weighted by Crippen LogP contribution is 2.37. The first-order valence-corrected chi connectivity index (χ1v) is 12.4. The number of ether oxygens (including phenoxy) is 1. The molecule has 1 saturated heterocycles. The van der Waals surface area contributed by atoms with E-state index in [0.717, 1.165) is 24.5 Å². The summed E-state index contributed by atoms with van der Waals surface area (Å²) >= 11 is 0. The van der Waals surface area contributed by atoms with E-state index in [-0.39, 0.29) is 40.6 Å². The second kappa shape index (κ2) is 9.26. The lowest BCUT2D eigenvalue weighted by Crippen LogP contribution is -2.43. The number of halogens is 4. The summed E-state index contributed by atoms with van der Waals surface area (Å²) < 4.78 is 64.3. The molecule has 3 aromatic heterocycles. The molecule has 2 fully saturated rings. The van der Waals surface area contributed by atoms with Crippen molar-refractivity contribution in [2.24, 2.45) is 0 Å². The van der Waals surface area contributed by atoms with Gasteiger partial charge >= 0.3 is 0 Å². The van der Waals surface area contributed by atoms with E-state index < -0.39 is 23.6 Å². The maximum Gasteiger partial charge on any atom is 0.266 e. The van der Waals surface area contributed by atoms with Crippen LogP contribution in [0.25, 0.3) is 22.4 Å². The molecule has 0 N–H and O–H groups in total. The molecule has 4 aromatic rings. The average molecular weight is 528 g/mol. The van der Waals surface area contributed by atoms with E-state index in [9.17, 15) is 13.2 Å². The van der Waals surface area contributed by atoms with Crippen LogP contribution in [0, 0.1) is 25.5 Å². The molecule has 0 radical (unpaired) electrons. The second-order valence-corrected chi connectivity index (χ2v) is 9.92. The van der Waals surface area contributed by atoms with E-state index in [4.69, 9.17) is 4.74 Å². The first-order valence-electron chi connectivity index (χ1n) is 12.4. The van der Waals surface area contributed by atoms with Crippen LogP contribution in [0.1, 0.15) is 60.9 Å². The molecule has 0 spiro atoms. The lowest BCUT2D eigenvalue weighted by molar-refractivity contribution is -0.0178. The molecular weight excluding hydrogens is 502 g/mol. The quantitative estimate of drug-likeness (QED) is 0.321. The normalized spacial score (nSPS) is 20.1. The van der Waals surface area contributed by atoms with Crippen LogP contribution in [-0.4, -0.2) is 48.9 Å². The van der Waals surface area contributed by atoms with Gasteiger partial charge in [-0.05, 0) is 39.7 Å². The minimum atomic E-state index is -3.13. The Hall–Kier alpha value is -3.67. The van der Waals surface area contributed by atoms with Crippen LogP contribution in [0.15, 0.2) is 24.5 Å². The van der Waals surface area contributed by atoms with E-state index in [1.54, 1.807) is 20.0 Å². The molecule has 1 aliphatic carbocycles. The van der Waals surface area contributed by atoms with Gasteiger partial charge in [0, 0.05) is 29.9 Å². The van der Waals surface area contributed by atoms with Crippen LogP contribution in [-0.2, 0) is 4.74 Å². The molecule has 38 heavy (non-hydrogen) atoms. The number of nitrogens with zero attached hydrogens (tertiary/aromatic N) is 7. The van der Waals surface area contributed by atoms with Gasteiger partial charge in [-0.1, -0.05) is 0 Å². The number of morpholine rings is 1. The largest absolute Gasteiger partial charge is 0.367 e. The van der Waals surface area contributed by atoms with Crippen LogP contribution in [0.2, 0.25) is 0 Å². The fourth-order valence-electron chi connectivity index (χ4n) is 4.70. The van der Waals surface area contributed by atoms with Crippen molar-refractivity contribution in [1.29, 1.82) is 0 Å². The van der Waals surface area contributed by atoms with Gasteiger partial charge in [-0.15, -0.1) is 0 Å². The summed E-state index contributed by atoms with van der Waals surface area (Å²) in [6.07, 6.45) is 2.36. The number of hydrogen-bond donors (Lipinski definition) is 0. The smallest absolute Gasteiger partial charge is 0.266 e. The van der Waals surface area contributed by atoms with Crippen molar-refractivity contribution in [2.45, 2.75) is 58.3 Å². The molecule has 1 saturated carbocycles. The Kier molecular flexibility index (Phi) is 6.01. The molecule has 2 atom stereocenters. The fraction of sp³-hybridized carbons (Fsp3) is 0.423. The summed E-state index contributed by atoms with van der Waals surface area (Å²) in [5.74, 6) is -2.13. The highest BCUT2D eigenvalue weighted by atomic mass is 19.3. The molecular formula is C26H25F4N7O. The number of aromatic nitrogens is 6. The third-order valence-corrected chi connectivity index (χ3v) is 6.96. The summed E-state index contributed by atoms with van der Waals surface area (Å²) in [5.41, 5.74) is 1.18. The zero-order valence-electron chi connectivity index (χ0n) is 21.0. The van der Waals surface area contributed by atoms with Crippen LogP contribution in [0.4, 0.5) is 23.5 Å². The maximum absolute atomic E-state index is 15.0. The summed E-state index contributed by atoms with van der Waals surface area (Å²) in [6.45, 7) is 6.24. The summed E-state index contributed by atoms with van der Waals surface area (Å²) in [4.78, 5) is 20.1. The zero-order chi connectivity index (χ0) is 26.7. The Balaban J connectivity index is 1.46. The van der Waals surface area contributed by atoms with Crippen molar-refractivity contribution in [1.82, 2.24) is 29.7 Å². The van der Waals surface area contributed by atoms with Crippen molar-refractivity contribution >= 4 is 17.1 Å². The minimum Gasteiger partial charge on any atom is -0.367 e. The number of rotatable bonds is 5. The van der Waals surface area contributed by atoms with Crippen LogP contribution in [0.5, 0.6) is 0 Å². The molecule has 8 nitrogen and oxygen atoms in total. The number of anilines is 1. The predicted octanol–water partition coefficient (Wildman–Crippen LogP) is 5.42. The van der Waals surface area contributed by atoms with E-state index in [0.29, 0.717) is 36.6 Å². The van der Waals surface area contributed by atoms with Crippen molar-refractivity contribution in [3.8, 4) is 11.3 Å². The Morgan fingerprint density at radius 2 is 1.74 bits per heavy atom. The van der Waals surface area contributed by atoms with Gasteiger partial charge in [-0.3, -0.25) is 4.68 Å². The Morgan fingerprint density at radius 1 is 0.974 bits per heavy atom. The lowest BCUT2D eigenvalue weighted by atomic mass is 10.1. The number of fused-ring (bicyclic) bond motifs is 1. The molecule has 6 rings (SSSR count). The first-order chi connectivity index (χ1) is 18.2. The van der Waals surface area contributed by atoms with Crippen molar-refractivity contribution in [2.75, 3.05) is 18.0 Å². The van der Waals surface area contributed by atoms with E-state index in [1.807, 2.05) is 22.7 Å². The second-order valence-electron chi connectivity index (χ2n) is 9.92. The van der Waals surface area contributed by atoms with Gasteiger partial charge in [0.2, 0.25) is 5.95 Å². The SMILES string of the molecule is Cc1nc2nc(N3C[C@@H](c4cnn(C5CC5)c4)O[C@@H](C)C3)nc(-c3cc(C(F)F)c(F)cc3F)c2nc1C.